The number of aryl methyl sites for hydroxylation is 1. The molecule has 0 spiro atoms. The molecule has 4 aromatic heterocycles. The van der Waals surface area contributed by atoms with Crippen LogP contribution in [0.5, 0.6) is 0 Å². The number of para-hydroxylation sites is 1. The van der Waals surface area contributed by atoms with Crippen LogP contribution in [0.3, 0.4) is 0 Å². The van der Waals surface area contributed by atoms with Gasteiger partial charge in [-0.1, -0.05) is 29.5 Å². The average molecular weight is 474 g/mol. The lowest BCUT2D eigenvalue weighted by Crippen LogP contribution is -2.26. The van der Waals surface area contributed by atoms with Crippen LogP contribution in [0.25, 0.3) is 26.3 Å². The molecule has 1 fully saturated rings. The van der Waals surface area contributed by atoms with Crippen LogP contribution in [0.4, 0.5) is 0 Å². The van der Waals surface area contributed by atoms with Gasteiger partial charge in [0.1, 0.15) is 0 Å². The van der Waals surface area contributed by atoms with Crippen molar-refractivity contribution >= 4 is 32.5 Å². The fraction of sp³-hybridized carbons (Fsp3) is 0.280. The summed E-state index contributed by atoms with van der Waals surface area (Å²) in [6.45, 7) is 4.10. The largest absolute Gasteiger partial charge is 0.381 e. The topological polar surface area (TPSA) is 83.9 Å². The van der Waals surface area contributed by atoms with Gasteiger partial charge in [-0.05, 0) is 37.6 Å². The summed E-state index contributed by atoms with van der Waals surface area (Å²) in [5.74, 6) is 0.274. The van der Waals surface area contributed by atoms with Gasteiger partial charge in [0.15, 0.2) is 0 Å². The SMILES string of the molecule is Cc1c2c(=O)n(-c3nc4ccccc4s3)n(Cc3ccccn3)c2cc(=O)n1CC1CCOC1. The molecule has 1 aliphatic heterocycles. The molecule has 1 saturated heterocycles. The zero-order valence-corrected chi connectivity index (χ0v) is 19.5. The smallest absolute Gasteiger partial charge is 0.283 e. The van der Waals surface area contributed by atoms with Gasteiger partial charge < -0.3 is 9.30 Å². The molecule has 0 bridgehead atoms. The summed E-state index contributed by atoms with van der Waals surface area (Å²) in [6.07, 6.45) is 2.64. The molecule has 6 rings (SSSR count). The number of hydrogen-bond acceptors (Lipinski definition) is 6. The summed E-state index contributed by atoms with van der Waals surface area (Å²) in [5, 5.41) is 1.11. The molecular weight excluding hydrogens is 450 g/mol. The van der Waals surface area contributed by atoms with Crippen LogP contribution >= 0.6 is 11.3 Å². The number of benzene rings is 1. The van der Waals surface area contributed by atoms with Crippen molar-refractivity contribution in [3.8, 4) is 5.13 Å². The van der Waals surface area contributed by atoms with Crippen molar-refractivity contribution in [1.29, 1.82) is 0 Å². The lowest BCUT2D eigenvalue weighted by atomic mass is 10.1. The quantitative estimate of drug-likeness (QED) is 0.391. The van der Waals surface area contributed by atoms with Crippen molar-refractivity contribution in [2.24, 2.45) is 5.92 Å². The third-order valence-corrected chi connectivity index (χ3v) is 7.45. The standard InChI is InChI=1S/C25H23N5O3S/c1-16-23-20(12-22(31)28(16)13-17-9-11-33-15-17)29(14-18-6-4-5-10-26-18)30(24(23)32)25-27-19-7-2-3-8-21(19)34-25/h2-8,10,12,17H,9,11,13-15H2,1H3. The fourth-order valence-corrected chi connectivity index (χ4v) is 5.67. The molecule has 8 nitrogen and oxygen atoms in total. The number of pyridine rings is 2. The molecule has 172 valence electrons. The average Bonchev–Trinajstić information content (AvgIpc) is 3.56. The number of hydrogen-bond donors (Lipinski definition) is 0. The minimum absolute atomic E-state index is 0.117. The first kappa shape index (κ1) is 21.0. The third-order valence-electron chi connectivity index (χ3n) is 6.44. The fourth-order valence-electron chi connectivity index (χ4n) is 4.70. The molecule has 1 unspecified atom stereocenters. The predicted octanol–water partition coefficient (Wildman–Crippen LogP) is 3.35. The number of ether oxygens (including phenoxy) is 1. The van der Waals surface area contributed by atoms with Gasteiger partial charge in [-0.25, -0.2) is 4.98 Å². The van der Waals surface area contributed by atoms with E-state index in [4.69, 9.17) is 9.72 Å². The molecule has 0 saturated carbocycles. The van der Waals surface area contributed by atoms with Crippen LogP contribution in [0.15, 0.2) is 64.3 Å². The molecule has 34 heavy (non-hydrogen) atoms. The second-order valence-corrected chi connectivity index (χ2v) is 9.64. The summed E-state index contributed by atoms with van der Waals surface area (Å²) < 4.78 is 11.6. The monoisotopic (exact) mass is 473 g/mol. The molecule has 1 aliphatic rings. The van der Waals surface area contributed by atoms with E-state index in [1.54, 1.807) is 21.5 Å². The Hall–Kier alpha value is -3.56. The first-order chi connectivity index (χ1) is 16.6. The van der Waals surface area contributed by atoms with E-state index in [0.717, 1.165) is 22.3 Å². The van der Waals surface area contributed by atoms with E-state index in [2.05, 4.69) is 4.98 Å². The minimum Gasteiger partial charge on any atom is -0.381 e. The van der Waals surface area contributed by atoms with E-state index < -0.39 is 0 Å². The lowest BCUT2D eigenvalue weighted by Gasteiger charge is -2.14. The highest BCUT2D eigenvalue weighted by Gasteiger charge is 2.24. The molecular formula is C25H23N5O3S. The summed E-state index contributed by atoms with van der Waals surface area (Å²) in [5.41, 5.74) is 2.60. The number of fused-ring (bicyclic) bond motifs is 2. The second kappa shape index (κ2) is 8.34. The van der Waals surface area contributed by atoms with Crippen LogP contribution in [0, 0.1) is 12.8 Å². The molecule has 5 heterocycles. The maximum Gasteiger partial charge on any atom is 0.283 e. The van der Waals surface area contributed by atoms with Crippen LogP contribution in [0.2, 0.25) is 0 Å². The predicted molar refractivity (Wildman–Crippen MR) is 132 cm³/mol. The molecule has 1 atom stereocenters. The van der Waals surface area contributed by atoms with E-state index in [9.17, 15) is 9.59 Å². The highest BCUT2D eigenvalue weighted by molar-refractivity contribution is 7.20. The van der Waals surface area contributed by atoms with E-state index in [-0.39, 0.29) is 17.0 Å². The van der Waals surface area contributed by atoms with Crippen LogP contribution in [-0.2, 0) is 17.8 Å². The van der Waals surface area contributed by atoms with Gasteiger partial charge in [-0.15, -0.1) is 0 Å². The van der Waals surface area contributed by atoms with Gasteiger partial charge in [0.05, 0.1) is 40.0 Å². The Kier molecular flexibility index (Phi) is 5.15. The molecule has 9 heteroatoms. The summed E-state index contributed by atoms with van der Waals surface area (Å²) >= 11 is 1.45. The normalized spacial score (nSPS) is 16.1. The first-order valence-corrected chi connectivity index (χ1v) is 12.1. The minimum atomic E-state index is -0.182. The maximum atomic E-state index is 13.9. The van der Waals surface area contributed by atoms with Crippen LogP contribution in [-0.4, -0.2) is 37.1 Å². The Balaban J connectivity index is 1.60. The molecule has 0 N–H and O–H groups in total. The Morgan fingerprint density at radius 1 is 1.15 bits per heavy atom. The number of aromatic nitrogens is 5. The van der Waals surface area contributed by atoms with Crippen molar-refractivity contribution < 1.29 is 4.74 Å². The molecule has 5 aromatic rings. The summed E-state index contributed by atoms with van der Waals surface area (Å²) in [4.78, 5) is 36.3. The lowest BCUT2D eigenvalue weighted by molar-refractivity contribution is 0.182. The molecule has 0 radical (unpaired) electrons. The van der Waals surface area contributed by atoms with Crippen molar-refractivity contribution in [3.63, 3.8) is 0 Å². The Morgan fingerprint density at radius 2 is 2.00 bits per heavy atom. The second-order valence-electron chi connectivity index (χ2n) is 8.63. The van der Waals surface area contributed by atoms with Gasteiger partial charge >= 0.3 is 0 Å². The molecule has 0 aliphatic carbocycles. The third kappa shape index (κ3) is 3.48. The number of nitrogens with zero attached hydrogens (tertiary/aromatic N) is 5. The highest BCUT2D eigenvalue weighted by Crippen LogP contribution is 2.26. The van der Waals surface area contributed by atoms with E-state index in [0.29, 0.717) is 48.0 Å². The van der Waals surface area contributed by atoms with Gasteiger partial charge in [0, 0.05) is 37.0 Å². The van der Waals surface area contributed by atoms with Gasteiger partial charge in [0.2, 0.25) is 5.13 Å². The summed E-state index contributed by atoms with van der Waals surface area (Å²) in [7, 11) is 0. The van der Waals surface area contributed by atoms with Crippen molar-refractivity contribution in [3.05, 3.63) is 86.8 Å². The zero-order chi connectivity index (χ0) is 23.2. The van der Waals surface area contributed by atoms with Crippen molar-refractivity contribution in [2.75, 3.05) is 13.2 Å². The van der Waals surface area contributed by atoms with Crippen molar-refractivity contribution in [1.82, 2.24) is 23.9 Å². The summed E-state index contributed by atoms with van der Waals surface area (Å²) in [6, 6.07) is 15.1. The molecule has 0 amide bonds. The van der Waals surface area contributed by atoms with E-state index in [1.165, 1.54) is 11.3 Å². The van der Waals surface area contributed by atoms with E-state index in [1.807, 2.05) is 54.1 Å². The first-order valence-electron chi connectivity index (χ1n) is 11.3. The van der Waals surface area contributed by atoms with Crippen molar-refractivity contribution in [2.45, 2.75) is 26.4 Å². The van der Waals surface area contributed by atoms with Gasteiger partial charge in [-0.3, -0.25) is 19.3 Å². The molecule has 1 aromatic carbocycles. The number of thiazole rings is 1. The van der Waals surface area contributed by atoms with E-state index >= 15 is 0 Å². The van der Waals surface area contributed by atoms with Crippen LogP contribution in [0.1, 0.15) is 17.8 Å². The van der Waals surface area contributed by atoms with Crippen LogP contribution < -0.4 is 11.1 Å². The Labute approximate surface area is 198 Å². The highest BCUT2D eigenvalue weighted by atomic mass is 32.1. The Bertz CT molecular complexity index is 1590. The zero-order valence-electron chi connectivity index (χ0n) is 18.7. The number of rotatable bonds is 5. The Morgan fingerprint density at radius 3 is 2.76 bits per heavy atom. The maximum absolute atomic E-state index is 13.9. The van der Waals surface area contributed by atoms with Gasteiger partial charge in [-0.2, -0.15) is 4.68 Å². The van der Waals surface area contributed by atoms with Gasteiger partial charge in [0.25, 0.3) is 11.1 Å².